The molecule has 3 rings (SSSR count). The van der Waals surface area contributed by atoms with Crippen LogP contribution in [0.15, 0.2) is 24.3 Å². The number of unbranched alkanes of at least 4 members (excludes halogenated alkanes) is 10. The SMILES string of the molecule is CCCCCCCCCC1CCC(C#N)(CCC2CCC(c3ccc(CCCCCCC)cc3)CC2)CC1. The molecule has 0 radical (unpaired) electrons. The number of hydrogen-bond acceptors (Lipinski definition) is 1. The van der Waals surface area contributed by atoms with Gasteiger partial charge in [0.05, 0.1) is 11.5 Å². The maximum absolute atomic E-state index is 10.1. The van der Waals surface area contributed by atoms with Crippen molar-refractivity contribution in [3.05, 3.63) is 35.4 Å². The molecule has 2 aliphatic carbocycles. The zero-order valence-corrected chi connectivity index (χ0v) is 25.5. The second kappa shape index (κ2) is 18.1. The van der Waals surface area contributed by atoms with Crippen LogP contribution in [0.1, 0.15) is 179 Å². The standard InChI is InChI=1S/C37H61N/c1-3-5-7-9-10-12-14-16-33-25-28-37(31-38,29-26-33)30-27-34-19-23-36(24-20-34)35-21-17-32(18-22-35)15-13-11-8-6-4-2/h17-18,21-22,33-34,36H,3-16,19-20,23-30H2,1-2H3. The summed E-state index contributed by atoms with van der Waals surface area (Å²) >= 11 is 0. The van der Waals surface area contributed by atoms with Crippen LogP contribution in [0.5, 0.6) is 0 Å². The van der Waals surface area contributed by atoms with Gasteiger partial charge in [-0.05, 0) is 106 Å². The van der Waals surface area contributed by atoms with Crippen molar-refractivity contribution in [2.75, 3.05) is 0 Å². The van der Waals surface area contributed by atoms with E-state index in [-0.39, 0.29) is 5.41 Å². The molecule has 2 aliphatic rings. The van der Waals surface area contributed by atoms with E-state index in [1.54, 1.807) is 5.56 Å². The van der Waals surface area contributed by atoms with Crippen molar-refractivity contribution in [2.45, 2.75) is 174 Å². The predicted molar refractivity (Wildman–Crippen MR) is 165 cm³/mol. The molecule has 0 heterocycles. The molecule has 0 aromatic heterocycles. The molecule has 1 aromatic carbocycles. The Morgan fingerprint density at radius 3 is 1.82 bits per heavy atom. The number of nitriles is 1. The Kier molecular flexibility index (Phi) is 14.9. The maximum Gasteiger partial charge on any atom is 0.0689 e. The fourth-order valence-corrected chi connectivity index (χ4v) is 7.48. The highest BCUT2D eigenvalue weighted by atomic mass is 14.4. The van der Waals surface area contributed by atoms with Crippen molar-refractivity contribution in [3.8, 4) is 6.07 Å². The number of hydrogen-bond donors (Lipinski definition) is 0. The Hall–Kier alpha value is -1.29. The van der Waals surface area contributed by atoms with E-state index < -0.39 is 0 Å². The van der Waals surface area contributed by atoms with Crippen LogP contribution >= 0.6 is 0 Å². The molecule has 0 saturated heterocycles. The van der Waals surface area contributed by atoms with Gasteiger partial charge in [0.1, 0.15) is 0 Å². The summed E-state index contributed by atoms with van der Waals surface area (Å²) in [7, 11) is 0. The molecular weight excluding hydrogens is 458 g/mol. The molecular formula is C37H61N. The van der Waals surface area contributed by atoms with Gasteiger partial charge in [-0.2, -0.15) is 5.26 Å². The molecule has 2 saturated carbocycles. The molecule has 38 heavy (non-hydrogen) atoms. The van der Waals surface area contributed by atoms with Gasteiger partial charge in [0.25, 0.3) is 0 Å². The molecule has 2 fully saturated rings. The molecule has 1 aromatic rings. The molecule has 0 spiro atoms. The Morgan fingerprint density at radius 1 is 0.658 bits per heavy atom. The average Bonchev–Trinajstić information content (AvgIpc) is 2.97. The molecule has 0 unspecified atom stereocenters. The number of rotatable bonds is 18. The van der Waals surface area contributed by atoms with Crippen molar-refractivity contribution in [2.24, 2.45) is 17.3 Å². The van der Waals surface area contributed by atoms with E-state index in [0.717, 1.165) is 24.2 Å². The van der Waals surface area contributed by atoms with Crippen LogP contribution in [0.4, 0.5) is 0 Å². The van der Waals surface area contributed by atoms with Gasteiger partial charge in [-0.3, -0.25) is 0 Å². The third kappa shape index (κ3) is 11.1. The number of aryl methyl sites for hydroxylation is 1. The summed E-state index contributed by atoms with van der Waals surface area (Å²) in [6.07, 6.45) is 32.2. The summed E-state index contributed by atoms with van der Waals surface area (Å²) in [5, 5.41) is 10.1. The van der Waals surface area contributed by atoms with Gasteiger partial charge in [0.2, 0.25) is 0 Å². The fourth-order valence-electron chi connectivity index (χ4n) is 7.48. The Labute approximate surface area is 237 Å². The normalized spacial score (nSPS) is 25.8. The van der Waals surface area contributed by atoms with E-state index >= 15 is 0 Å². The van der Waals surface area contributed by atoms with Gasteiger partial charge in [-0.15, -0.1) is 0 Å². The van der Waals surface area contributed by atoms with Crippen molar-refractivity contribution in [3.63, 3.8) is 0 Å². The first-order valence-electron chi connectivity index (χ1n) is 17.2. The monoisotopic (exact) mass is 519 g/mol. The molecule has 214 valence electrons. The van der Waals surface area contributed by atoms with Crippen molar-refractivity contribution in [1.82, 2.24) is 0 Å². The van der Waals surface area contributed by atoms with Gasteiger partial charge < -0.3 is 0 Å². The van der Waals surface area contributed by atoms with Gasteiger partial charge in [-0.25, -0.2) is 0 Å². The Balaban J connectivity index is 1.29. The van der Waals surface area contributed by atoms with Gasteiger partial charge >= 0.3 is 0 Å². The topological polar surface area (TPSA) is 23.8 Å². The molecule has 0 bridgehead atoms. The summed E-state index contributed by atoms with van der Waals surface area (Å²) in [6.45, 7) is 4.59. The molecule has 0 atom stereocenters. The lowest BCUT2D eigenvalue weighted by Gasteiger charge is -2.37. The fraction of sp³-hybridized carbons (Fsp3) is 0.811. The van der Waals surface area contributed by atoms with E-state index in [1.165, 1.54) is 153 Å². The van der Waals surface area contributed by atoms with Crippen LogP contribution in [0.2, 0.25) is 0 Å². The largest absolute Gasteiger partial charge is 0.198 e. The predicted octanol–water partition coefficient (Wildman–Crippen LogP) is 12.1. The number of benzene rings is 1. The van der Waals surface area contributed by atoms with E-state index in [1.807, 2.05) is 0 Å². The van der Waals surface area contributed by atoms with Crippen LogP contribution in [0.3, 0.4) is 0 Å². The highest BCUT2D eigenvalue weighted by molar-refractivity contribution is 5.26. The van der Waals surface area contributed by atoms with Gasteiger partial charge in [0.15, 0.2) is 0 Å². The van der Waals surface area contributed by atoms with E-state index in [2.05, 4.69) is 44.2 Å². The van der Waals surface area contributed by atoms with Crippen LogP contribution in [-0.4, -0.2) is 0 Å². The first-order valence-corrected chi connectivity index (χ1v) is 17.2. The molecule has 0 amide bonds. The van der Waals surface area contributed by atoms with Crippen LogP contribution in [-0.2, 0) is 6.42 Å². The maximum atomic E-state index is 10.1. The van der Waals surface area contributed by atoms with Crippen LogP contribution < -0.4 is 0 Å². The summed E-state index contributed by atoms with van der Waals surface area (Å²) in [6, 6.07) is 12.5. The molecule has 1 nitrogen and oxygen atoms in total. The van der Waals surface area contributed by atoms with Crippen molar-refractivity contribution < 1.29 is 0 Å². The first-order chi connectivity index (χ1) is 18.7. The smallest absolute Gasteiger partial charge is 0.0689 e. The third-order valence-corrected chi connectivity index (χ3v) is 10.4. The first kappa shape index (κ1) is 31.2. The summed E-state index contributed by atoms with van der Waals surface area (Å²) in [5.41, 5.74) is 3.10. The minimum absolute atomic E-state index is 0.000128. The Bertz CT molecular complexity index is 755. The van der Waals surface area contributed by atoms with E-state index in [0.29, 0.717) is 0 Å². The van der Waals surface area contributed by atoms with Crippen molar-refractivity contribution in [1.29, 1.82) is 5.26 Å². The summed E-state index contributed by atoms with van der Waals surface area (Å²) < 4.78 is 0. The second-order valence-electron chi connectivity index (χ2n) is 13.4. The lowest BCUT2D eigenvalue weighted by Crippen LogP contribution is -2.27. The average molecular weight is 520 g/mol. The third-order valence-electron chi connectivity index (χ3n) is 10.4. The van der Waals surface area contributed by atoms with Crippen LogP contribution in [0.25, 0.3) is 0 Å². The minimum atomic E-state index is -0.000128. The molecule has 0 N–H and O–H groups in total. The second-order valence-corrected chi connectivity index (χ2v) is 13.4. The number of nitrogens with zero attached hydrogens (tertiary/aromatic N) is 1. The summed E-state index contributed by atoms with van der Waals surface area (Å²) in [4.78, 5) is 0. The minimum Gasteiger partial charge on any atom is -0.198 e. The van der Waals surface area contributed by atoms with Crippen LogP contribution in [0, 0.1) is 28.6 Å². The Morgan fingerprint density at radius 2 is 1.21 bits per heavy atom. The zero-order valence-electron chi connectivity index (χ0n) is 25.5. The highest BCUT2D eigenvalue weighted by Gasteiger charge is 2.36. The lowest BCUT2D eigenvalue weighted by molar-refractivity contribution is 0.168. The van der Waals surface area contributed by atoms with Gasteiger partial charge in [0, 0.05) is 0 Å². The van der Waals surface area contributed by atoms with E-state index in [9.17, 15) is 5.26 Å². The molecule has 1 heteroatoms. The molecule has 0 aliphatic heterocycles. The van der Waals surface area contributed by atoms with Gasteiger partial charge in [-0.1, -0.05) is 115 Å². The quantitative estimate of drug-likeness (QED) is 0.177. The highest BCUT2D eigenvalue weighted by Crippen LogP contribution is 2.46. The lowest BCUT2D eigenvalue weighted by atomic mass is 9.66. The van der Waals surface area contributed by atoms with E-state index in [4.69, 9.17) is 0 Å². The van der Waals surface area contributed by atoms with Crippen molar-refractivity contribution >= 4 is 0 Å². The zero-order chi connectivity index (χ0) is 26.9. The summed E-state index contributed by atoms with van der Waals surface area (Å²) in [5.74, 6) is 2.51.